The summed E-state index contributed by atoms with van der Waals surface area (Å²) >= 11 is 0. The van der Waals surface area contributed by atoms with Gasteiger partial charge in [0.05, 0.1) is 7.11 Å². The van der Waals surface area contributed by atoms with Crippen LogP contribution in [0.5, 0.6) is 5.75 Å². The third kappa shape index (κ3) is 3.58. The summed E-state index contributed by atoms with van der Waals surface area (Å²) in [5.74, 6) is 1.01. The van der Waals surface area contributed by atoms with Crippen molar-refractivity contribution >= 4 is 5.91 Å². The molecule has 0 radical (unpaired) electrons. The predicted octanol–water partition coefficient (Wildman–Crippen LogP) is 2.70. The first-order valence-corrected chi connectivity index (χ1v) is 8.41. The van der Waals surface area contributed by atoms with Crippen LogP contribution in [-0.4, -0.2) is 49.0 Å². The van der Waals surface area contributed by atoms with Crippen LogP contribution < -0.4 is 4.74 Å². The maximum Gasteiger partial charge on any atom is 0.245 e. The molecule has 1 aromatic carbocycles. The van der Waals surface area contributed by atoms with Gasteiger partial charge in [0.25, 0.3) is 0 Å². The second kappa shape index (κ2) is 6.75. The van der Waals surface area contributed by atoms with E-state index in [2.05, 4.69) is 29.7 Å². The fourth-order valence-corrected chi connectivity index (χ4v) is 3.87. The van der Waals surface area contributed by atoms with Crippen LogP contribution in [0.2, 0.25) is 0 Å². The minimum atomic E-state index is 0.0840. The zero-order valence-corrected chi connectivity index (χ0v) is 14.0. The average Bonchev–Trinajstić information content (AvgIpc) is 3.00. The van der Waals surface area contributed by atoms with Crippen molar-refractivity contribution in [2.75, 3.05) is 33.3 Å². The maximum atomic E-state index is 11.8. The smallest absolute Gasteiger partial charge is 0.245 e. The van der Waals surface area contributed by atoms with Gasteiger partial charge < -0.3 is 9.64 Å². The van der Waals surface area contributed by atoms with Gasteiger partial charge >= 0.3 is 0 Å². The zero-order chi connectivity index (χ0) is 16.3. The Hall–Kier alpha value is -1.81. The van der Waals surface area contributed by atoms with E-state index < -0.39 is 0 Å². The van der Waals surface area contributed by atoms with Crippen LogP contribution in [0.1, 0.15) is 24.8 Å². The minimum absolute atomic E-state index is 0.0840. The number of carbonyl (C=O) groups is 1. The first-order chi connectivity index (χ1) is 11.1. The molecule has 0 aliphatic carbocycles. The van der Waals surface area contributed by atoms with Crippen LogP contribution in [-0.2, 0) is 11.3 Å². The summed E-state index contributed by atoms with van der Waals surface area (Å²) in [4.78, 5) is 16.3. The van der Waals surface area contributed by atoms with E-state index in [1.54, 1.807) is 7.11 Å². The van der Waals surface area contributed by atoms with Crippen LogP contribution >= 0.6 is 0 Å². The van der Waals surface area contributed by atoms with Crippen LogP contribution in [0, 0.1) is 5.41 Å². The van der Waals surface area contributed by atoms with Gasteiger partial charge in [0.2, 0.25) is 5.91 Å². The average molecular weight is 314 g/mol. The number of methoxy groups -OCH3 is 1. The van der Waals surface area contributed by atoms with E-state index in [-0.39, 0.29) is 5.91 Å². The van der Waals surface area contributed by atoms with Crippen molar-refractivity contribution in [2.45, 2.75) is 25.8 Å². The van der Waals surface area contributed by atoms with E-state index in [4.69, 9.17) is 4.74 Å². The van der Waals surface area contributed by atoms with Gasteiger partial charge in [-0.3, -0.25) is 9.69 Å². The fourth-order valence-electron chi connectivity index (χ4n) is 3.87. The molecule has 0 saturated carbocycles. The van der Waals surface area contributed by atoms with Crippen molar-refractivity contribution in [1.29, 1.82) is 0 Å². The summed E-state index contributed by atoms with van der Waals surface area (Å²) in [5.41, 5.74) is 1.64. The molecule has 0 aromatic heterocycles. The Kier molecular flexibility index (Phi) is 4.71. The first kappa shape index (κ1) is 16.1. The molecule has 124 valence electrons. The number of hydrogen-bond donors (Lipinski definition) is 0. The van der Waals surface area contributed by atoms with E-state index in [1.165, 1.54) is 24.5 Å². The molecule has 3 rings (SSSR count). The molecular formula is C19H26N2O2. The lowest BCUT2D eigenvalue weighted by Crippen LogP contribution is -2.41. The van der Waals surface area contributed by atoms with Gasteiger partial charge in [-0.15, -0.1) is 0 Å². The Bertz CT molecular complexity index is 576. The van der Waals surface area contributed by atoms with Crippen LogP contribution in [0.25, 0.3) is 0 Å². The number of hydrogen-bond acceptors (Lipinski definition) is 3. The molecular weight excluding hydrogens is 288 g/mol. The van der Waals surface area contributed by atoms with Gasteiger partial charge in [-0.2, -0.15) is 0 Å². The third-order valence-electron chi connectivity index (χ3n) is 5.38. The van der Waals surface area contributed by atoms with Crippen LogP contribution in [0.4, 0.5) is 0 Å². The van der Waals surface area contributed by atoms with Crippen LogP contribution in [0.3, 0.4) is 0 Å². The number of amides is 1. The van der Waals surface area contributed by atoms with Gasteiger partial charge in [-0.05, 0) is 61.5 Å². The lowest BCUT2D eigenvalue weighted by molar-refractivity contribution is -0.125. The number of benzene rings is 1. The minimum Gasteiger partial charge on any atom is -0.497 e. The first-order valence-electron chi connectivity index (χ1n) is 8.41. The quantitative estimate of drug-likeness (QED) is 0.801. The van der Waals surface area contributed by atoms with Gasteiger partial charge in [-0.1, -0.05) is 18.7 Å². The second-order valence-corrected chi connectivity index (χ2v) is 6.84. The van der Waals surface area contributed by atoms with Crippen molar-refractivity contribution in [1.82, 2.24) is 9.80 Å². The van der Waals surface area contributed by atoms with Gasteiger partial charge in [-0.25, -0.2) is 0 Å². The Morgan fingerprint density at radius 1 is 1.30 bits per heavy atom. The number of ether oxygens (including phenoxy) is 1. The van der Waals surface area contributed by atoms with Gasteiger partial charge in [0.15, 0.2) is 0 Å². The Labute approximate surface area is 138 Å². The van der Waals surface area contributed by atoms with E-state index >= 15 is 0 Å². The summed E-state index contributed by atoms with van der Waals surface area (Å²) in [7, 11) is 1.71. The molecule has 1 amide bonds. The predicted molar refractivity (Wildman–Crippen MR) is 91.3 cm³/mol. The molecule has 23 heavy (non-hydrogen) atoms. The second-order valence-electron chi connectivity index (χ2n) is 6.84. The summed E-state index contributed by atoms with van der Waals surface area (Å²) < 4.78 is 5.30. The highest BCUT2D eigenvalue weighted by molar-refractivity contribution is 5.87. The lowest BCUT2D eigenvalue weighted by Gasteiger charge is -2.39. The molecule has 0 bridgehead atoms. The summed E-state index contributed by atoms with van der Waals surface area (Å²) in [6.45, 7) is 8.58. The van der Waals surface area contributed by atoms with E-state index in [1.807, 2.05) is 11.0 Å². The summed E-state index contributed by atoms with van der Waals surface area (Å²) in [5, 5.41) is 0. The highest BCUT2D eigenvalue weighted by Gasteiger charge is 2.41. The number of likely N-dealkylation sites (tertiary alicyclic amines) is 2. The molecule has 4 nitrogen and oxygen atoms in total. The maximum absolute atomic E-state index is 11.8. The zero-order valence-electron chi connectivity index (χ0n) is 14.0. The molecule has 4 heteroatoms. The molecule has 2 saturated heterocycles. The van der Waals surface area contributed by atoms with Gasteiger partial charge in [0, 0.05) is 19.6 Å². The standard InChI is InChI=1S/C19H26N2O2/c1-3-18(22)21-12-9-19(15-21)7-10-20(11-8-19)14-16-5-4-6-17(13-16)23-2/h3-6,13H,1,7-12,14-15H2,2H3. The highest BCUT2D eigenvalue weighted by Crippen LogP contribution is 2.40. The lowest BCUT2D eigenvalue weighted by atomic mass is 9.77. The fraction of sp³-hybridized carbons (Fsp3) is 0.526. The van der Waals surface area contributed by atoms with Crippen molar-refractivity contribution in [3.8, 4) is 5.75 Å². The van der Waals surface area contributed by atoms with E-state index in [0.29, 0.717) is 5.41 Å². The van der Waals surface area contributed by atoms with Crippen LogP contribution in [0.15, 0.2) is 36.9 Å². The largest absolute Gasteiger partial charge is 0.497 e. The van der Waals surface area contributed by atoms with Gasteiger partial charge in [0.1, 0.15) is 5.75 Å². The number of nitrogens with zero attached hydrogens (tertiary/aromatic N) is 2. The Balaban J connectivity index is 1.54. The van der Waals surface area contributed by atoms with E-state index in [0.717, 1.165) is 44.9 Å². The summed E-state index contributed by atoms with van der Waals surface area (Å²) in [6.07, 6.45) is 4.94. The van der Waals surface area contributed by atoms with E-state index in [9.17, 15) is 4.79 Å². The molecule has 0 N–H and O–H groups in total. The summed E-state index contributed by atoms with van der Waals surface area (Å²) in [6, 6.07) is 8.31. The Morgan fingerprint density at radius 3 is 2.74 bits per heavy atom. The molecule has 1 aromatic rings. The molecule has 0 unspecified atom stereocenters. The number of rotatable bonds is 4. The topological polar surface area (TPSA) is 32.8 Å². The van der Waals surface area contributed by atoms with Crippen molar-refractivity contribution in [3.05, 3.63) is 42.5 Å². The normalized spacial score (nSPS) is 20.7. The highest BCUT2D eigenvalue weighted by atomic mass is 16.5. The number of piperidine rings is 1. The van der Waals surface area contributed by atoms with Crippen molar-refractivity contribution < 1.29 is 9.53 Å². The monoisotopic (exact) mass is 314 g/mol. The Morgan fingerprint density at radius 2 is 2.04 bits per heavy atom. The van der Waals surface area contributed by atoms with Crippen molar-refractivity contribution in [3.63, 3.8) is 0 Å². The van der Waals surface area contributed by atoms with Crippen molar-refractivity contribution in [2.24, 2.45) is 5.41 Å². The molecule has 2 heterocycles. The molecule has 2 aliphatic rings. The third-order valence-corrected chi connectivity index (χ3v) is 5.38. The molecule has 0 atom stereocenters. The molecule has 1 spiro atoms. The molecule has 2 fully saturated rings. The SMILES string of the molecule is C=CC(=O)N1CCC2(CCN(Cc3cccc(OC)c3)CC2)C1. The molecule has 2 aliphatic heterocycles. The number of carbonyl (C=O) groups excluding carboxylic acids is 1.